The van der Waals surface area contributed by atoms with E-state index in [4.69, 9.17) is 0 Å². The summed E-state index contributed by atoms with van der Waals surface area (Å²) in [6, 6.07) is 82.4. The zero-order valence-corrected chi connectivity index (χ0v) is 37.1. The molecule has 0 N–H and O–H groups in total. The lowest BCUT2D eigenvalue weighted by molar-refractivity contribution is 0.0975. The highest BCUT2D eigenvalue weighted by atomic mass is 16.1. The van der Waals surface area contributed by atoms with Gasteiger partial charge in [0.15, 0.2) is 5.78 Å². The van der Waals surface area contributed by atoms with Gasteiger partial charge in [0.2, 0.25) is 0 Å². The van der Waals surface area contributed by atoms with Crippen molar-refractivity contribution >= 4 is 22.7 Å². The van der Waals surface area contributed by atoms with Crippen molar-refractivity contribution in [3.63, 3.8) is 0 Å². The van der Waals surface area contributed by atoms with Gasteiger partial charge in [0.05, 0.1) is 11.1 Å². The first-order chi connectivity index (χ1) is 33.2. The maximum atomic E-state index is 14.5. The van der Waals surface area contributed by atoms with Crippen LogP contribution in [0.1, 0.15) is 79.5 Å². The Morgan fingerprint density at radius 3 is 1.75 bits per heavy atom. The number of ketones is 1. The maximum Gasteiger partial charge on any atom is 0.164 e. The summed E-state index contributed by atoms with van der Waals surface area (Å²) in [5.41, 5.74) is 22.0. The summed E-state index contributed by atoms with van der Waals surface area (Å²) in [5, 5.41) is 0. The molecule has 3 aliphatic carbocycles. The van der Waals surface area contributed by atoms with E-state index in [1.54, 1.807) is 0 Å². The van der Waals surface area contributed by atoms with Crippen LogP contribution in [0.2, 0.25) is 0 Å². The molecule has 0 radical (unpaired) electrons. The molecule has 1 aliphatic heterocycles. The normalized spacial score (nSPS) is 17.4. The Bertz CT molecular complexity index is 3430. The Labute approximate surface area is 392 Å². The molecule has 4 aliphatic rings. The lowest BCUT2D eigenvalue weighted by atomic mass is 9.67. The summed E-state index contributed by atoms with van der Waals surface area (Å²) in [6.45, 7) is 0. The number of allylic oxidation sites excluding steroid dienone is 3. The second-order valence-corrected chi connectivity index (χ2v) is 18.6. The number of rotatable bonds is 4. The zero-order chi connectivity index (χ0) is 44.5. The molecule has 2 unspecified atom stereocenters. The molecule has 318 valence electrons. The summed E-state index contributed by atoms with van der Waals surface area (Å²) in [7, 11) is 0. The Morgan fingerprint density at radius 1 is 0.433 bits per heavy atom. The van der Waals surface area contributed by atoms with Gasteiger partial charge in [-0.3, -0.25) is 4.79 Å². The van der Waals surface area contributed by atoms with Crippen molar-refractivity contribution in [2.45, 2.75) is 36.5 Å². The Kier molecular flexibility index (Phi) is 9.28. The zero-order valence-electron chi connectivity index (χ0n) is 37.1. The molecule has 0 spiro atoms. The Morgan fingerprint density at radius 2 is 1.00 bits per heavy atom. The van der Waals surface area contributed by atoms with Gasteiger partial charge in [0, 0.05) is 34.9 Å². The number of benzene rings is 9. The fraction of sp³-hybridized carbons (Fsp3) is 0.0923. The number of hydrogen-bond acceptors (Lipinski definition) is 2. The van der Waals surface area contributed by atoms with Gasteiger partial charge in [0.1, 0.15) is 0 Å². The van der Waals surface area contributed by atoms with Crippen molar-refractivity contribution in [1.82, 2.24) is 0 Å². The van der Waals surface area contributed by atoms with Crippen molar-refractivity contribution < 1.29 is 4.79 Å². The fourth-order valence-corrected chi connectivity index (χ4v) is 12.3. The fourth-order valence-electron chi connectivity index (χ4n) is 12.3. The highest BCUT2D eigenvalue weighted by molar-refractivity contribution is 6.06. The van der Waals surface area contributed by atoms with Crippen molar-refractivity contribution in [3.8, 4) is 33.4 Å². The highest BCUT2D eigenvalue weighted by Crippen LogP contribution is 2.58. The number of fused-ring (bicyclic) bond motifs is 9. The topological polar surface area (TPSA) is 20.3 Å². The van der Waals surface area contributed by atoms with E-state index >= 15 is 0 Å². The lowest BCUT2D eigenvalue weighted by Gasteiger charge is -2.36. The van der Waals surface area contributed by atoms with Gasteiger partial charge in [-0.05, 0) is 121 Å². The third-order valence-electron chi connectivity index (χ3n) is 15.1. The van der Waals surface area contributed by atoms with Gasteiger partial charge < -0.3 is 4.90 Å². The molecule has 9 aromatic carbocycles. The van der Waals surface area contributed by atoms with Gasteiger partial charge >= 0.3 is 0 Å². The predicted molar refractivity (Wildman–Crippen MR) is 275 cm³/mol. The van der Waals surface area contributed by atoms with Crippen molar-refractivity contribution in [2.75, 3.05) is 4.90 Å². The van der Waals surface area contributed by atoms with Gasteiger partial charge in [-0.2, -0.15) is 0 Å². The summed E-state index contributed by atoms with van der Waals surface area (Å²) in [6.07, 6.45) is 6.84. The summed E-state index contributed by atoms with van der Waals surface area (Å²) in [4.78, 5) is 17.1. The molecule has 0 bridgehead atoms. The van der Waals surface area contributed by atoms with Crippen LogP contribution in [0.15, 0.2) is 242 Å². The average molecular weight is 858 g/mol. The molecule has 0 amide bonds. The second-order valence-electron chi connectivity index (χ2n) is 18.6. The Balaban J connectivity index is 1.13. The van der Waals surface area contributed by atoms with Crippen LogP contribution in [0.5, 0.6) is 0 Å². The second kappa shape index (κ2) is 15.8. The lowest BCUT2D eigenvalue weighted by Crippen LogP contribution is -2.29. The van der Waals surface area contributed by atoms with Crippen LogP contribution in [0, 0.1) is 0 Å². The van der Waals surface area contributed by atoms with Crippen LogP contribution in [0.3, 0.4) is 0 Å². The van der Waals surface area contributed by atoms with Gasteiger partial charge in [-0.1, -0.05) is 212 Å². The van der Waals surface area contributed by atoms with Crippen molar-refractivity contribution in [3.05, 3.63) is 292 Å². The number of para-hydroxylation sites is 1. The van der Waals surface area contributed by atoms with Crippen molar-refractivity contribution in [2.24, 2.45) is 0 Å². The van der Waals surface area contributed by atoms with E-state index in [9.17, 15) is 4.79 Å². The number of carbonyl (C=O) groups excluding carboxylic acids is 1. The standard InChI is InChI=1S/C65H47NO/c67-63-41-46-39-45-21-10-11-26-50(45)58-40-44(43-19-4-1-5-20-43)35-38-62(58)66(61-34-17-15-29-54(61)57-32-18-31-56(64(46)57)51-27-12-13-30-55(51)63)49-36-37-53-52-28-14-16-33-59(52)65(60(53)42-49,47-22-6-2-7-23-47)48-24-8-3-9-25-48/h1-38,42,44,46H,39-41H2. The van der Waals surface area contributed by atoms with Gasteiger partial charge in [0.25, 0.3) is 0 Å². The van der Waals surface area contributed by atoms with E-state index < -0.39 is 5.41 Å². The van der Waals surface area contributed by atoms with Crippen LogP contribution in [0.4, 0.5) is 11.4 Å². The first-order valence-electron chi connectivity index (χ1n) is 23.7. The minimum absolute atomic E-state index is 0.0455. The third kappa shape index (κ3) is 6.13. The molecule has 0 saturated carbocycles. The molecule has 0 saturated heterocycles. The molecule has 0 aromatic heterocycles. The van der Waals surface area contributed by atoms with E-state index in [2.05, 4.69) is 229 Å². The number of anilines is 2. The predicted octanol–water partition coefficient (Wildman–Crippen LogP) is 15.9. The Hall–Kier alpha value is -8.07. The minimum Gasteiger partial charge on any atom is -0.310 e. The molecule has 2 heteroatoms. The molecular weight excluding hydrogens is 811 g/mol. The average Bonchev–Trinajstić information content (AvgIpc) is 3.62. The highest BCUT2D eigenvalue weighted by Gasteiger charge is 2.46. The van der Waals surface area contributed by atoms with E-state index in [1.165, 1.54) is 66.8 Å². The summed E-state index contributed by atoms with van der Waals surface area (Å²) >= 11 is 0. The number of carbonyl (C=O) groups is 1. The minimum atomic E-state index is -0.562. The van der Waals surface area contributed by atoms with E-state index in [0.29, 0.717) is 6.42 Å². The molecular formula is C65H47NO. The maximum absolute atomic E-state index is 14.5. The smallest absolute Gasteiger partial charge is 0.164 e. The first-order valence-corrected chi connectivity index (χ1v) is 23.7. The molecule has 2 atom stereocenters. The van der Waals surface area contributed by atoms with E-state index in [-0.39, 0.29) is 17.6 Å². The third-order valence-corrected chi connectivity index (χ3v) is 15.1. The molecule has 67 heavy (non-hydrogen) atoms. The van der Waals surface area contributed by atoms with Gasteiger partial charge in [-0.15, -0.1) is 0 Å². The number of hydrogen-bond donors (Lipinski definition) is 0. The van der Waals surface area contributed by atoms with Crippen LogP contribution in [-0.2, 0) is 11.8 Å². The number of nitrogens with zero attached hydrogens (tertiary/aromatic N) is 1. The summed E-state index contributed by atoms with van der Waals surface area (Å²) < 4.78 is 0. The van der Waals surface area contributed by atoms with E-state index in [1.807, 2.05) is 12.1 Å². The van der Waals surface area contributed by atoms with Crippen LogP contribution < -0.4 is 4.90 Å². The monoisotopic (exact) mass is 857 g/mol. The molecule has 0 fully saturated rings. The van der Waals surface area contributed by atoms with E-state index in [0.717, 1.165) is 52.2 Å². The molecule has 1 heterocycles. The molecule has 2 nitrogen and oxygen atoms in total. The number of Topliss-reactive ketones (excluding diaryl/α,β-unsaturated/α-hetero) is 1. The van der Waals surface area contributed by atoms with Crippen LogP contribution >= 0.6 is 0 Å². The first kappa shape index (κ1) is 39.3. The van der Waals surface area contributed by atoms with Crippen LogP contribution in [-0.4, -0.2) is 5.78 Å². The largest absolute Gasteiger partial charge is 0.310 e. The SMILES string of the molecule is O=C1CC2Cc3ccccc3C3=C(C=CC(c4ccccc4)C3)N(c3ccc4c(c3)C(c3ccccc3)(c3ccccc3)c3ccccc3-4)c3ccccc3-c3cccc(c32)-c2ccccc21. The van der Waals surface area contributed by atoms with Crippen LogP contribution in [0.25, 0.3) is 39.0 Å². The molecule has 13 rings (SSSR count). The molecule has 9 aromatic rings. The van der Waals surface area contributed by atoms with Gasteiger partial charge in [-0.25, -0.2) is 0 Å². The quantitative estimate of drug-likeness (QED) is 0.176. The summed E-state index contributed by atoms with van der Waals surface area (Å²) in [5.74, 6) is 0.344. The van der Waals surface area contributed by atoms with Crippen molar-refractivity contribution in [1.29, 1.82) is 0 Å².